The number of carbonyl (C=O) groups excluding carboxylic acids is 1. The fourth-order valence-corrected chi connectivity index (χ4v) is 3.27. The largest absolute Gasteiger partial charge is 0.452 e. The van der Waals surface area contributed by atoms with Gasteiger partial charge in [0.2, 0.25) is 0 Å². The molecule has 0 unspecified atom stereocenters. The topological polar surface area (TPSA) is 57.0 Å². The maximum atomic E-state index is 12.4. The maximum Gasteiger partial charge on any atom is 0.342 e. The van der Waals surface area contributed by atoms with E-state index < -0.39 is 0 Å². The van der Waals surface area contributed by atoms with E-state index in [0.29, 0.717) is 5.56 Å². The molecular weight excluding hydrogens is 266 g/mol. The van der Waals surface area contributed by atoms with Crippen molar-refractivity contribution in [3.8, 4) is 0 Å². The molecular formula is C16H17N3O2. The van der Waals surface area contributed by atoms with Crippen molar-refractivity contribution in [2.45, 2.75) is 44.8 Å². The molecule has 1 aliphatic heterocycles. The highest BCUT2D eigenvalue weighted by atomic mass is 16.5. The fraction of sp³-hybridized carbons (Fsp3) is 0.438. The van der Waals surface area contributed by atoms with Crippen LogP contribution < -0.4 is 0 Å². The Hall–Kier alpha value is -2.17. The summed E-state index contributed by atoms with van der Waals surface area (Å²) in [7, 11) is 0. The van der Waals surface area contributed by atoms with Gasteiger partial charge in [-0.15, -0.1) is 0 Å². The van der Waals surface area contributed by atoms with Gasteiger partial charge in [-0.25, -0.2) is 4.79 Å². The SMILES string of the molecule is O=C(O[C@@H]1CCc2cccnc21)c1cnn2c1CCCC2. The Kier molecular flexibility index (Phi) is 2.98. The Morgan fingerprint density at radius 2 is 2.29 bits per heavy atom. The second-order valence-corrected chi connectivity index (χ2v) is 5.67. The van der Waals surface area contributed by atoms with Gasteiger partial charge in [-0.2, -0.15) is 5.10 Å². The highest BCUT2D eigenvalue weighted by Crippen LogP contribution is 2.33. The van der Waals surface area contributed by atoms with Crippen LogP contribution in [0.25, 0.3) is 0 Å². The summed E-state index contributed by atoms with van der Waals surface area (Å²) in [6.45, 7) is 0.899. The van der Waals surface area contributed by atoms with E-state index in [1.165, 1.54) is 5.56 Å². The molecule has 21 heavy (non-hydrogen) atoms. The summed E-state index contributed by atoms with van der Waals surface area (Å²) in [5.41, 5.74) is 3.74. The zero-order valence-corrected chi connectivity index (χ0v) is 11.8. The van der Waals surface area contributed by atoms with Gasteiger partial charge in [0, 0.05) is 12.7 Å². The van der Waals surface area contributed by atoms with Crippen LogP contribution in [0.4, 0.5) is 0 Å². The first kappa shape index (κ1) is 12.6. The number of rotatable bonds is 2. The van der Waals surface area contributed by atoms with Gasteiger partial charge < -0.3 is 4.74 Å². The van der Waals surface area contributed by atoms with Crippen molar-refractivity contribution < 1.29 is 9.53 Å². The number of pyridine rings is 1. The Morgan fingerprint density at radius 1 is 1.33 bits per heavy atom. The molecule has 0 aromatic carbocycles. The Morgan fingerprint density at radius 3 is 3.24 bits per heavy atom. The zero-order valence-electron chi connectivity index (χ0n) is 11.8. The smallest absolute Gasteiger partial charge is 0.342 e. The second-order valence-electron chi connectivity index (χ2n) is 5.67. The molecule has 4 rings (SSSR count). The van der Waals surface area contributed by atoms with Gasteiger partial charge in [-0.3, -0.25) is 9.67 Å². The van der Waals surface area contributed by atoms with E-state index >= 15 is 0 Å². The standard InChI is InChI=1S/C16H17N3O2/c20-16(12-10-18-19-9-2-1-5-13(12)19)21-14-7-6-11-4-3-8-17-15(11)14/h3-4,8,10,14H,1-2,5-7,9H2/t14-/m1/s1. The lowest BCUT2D eigenvalue weighted by Gasteiger charge is -2.16. The lowest BCUT2D eigenvalue weighted by atomic mass is 10.1. The minimum absolute atomic E-state index is 0.215. The predicted molar refractivity (Wildman–Crippen MR) is 75.9 cm³/mol. The summed E-state index contributed by atoms with van der Waals surface area (Å²) >= 11 is 0. The van der Waals surface area contributed by atoms with E-state index in [4.69, 9.17) is 4.74 Å². The summed E-state index contributed by atoms with van der Waals surface area (Å²) in [6.07, 6.45) is 8.08. The summed E-state index contributed by atoms with van der Waals surface area (Å²) in [6, 6.07) is 3.98. The van der Waals surface area contributed by atoms with Crippen molar-refractivity contribution in [1.29, 1.82) is 0 Å². The first-order valence-electron chi connectivity index (χ1n) is 7.52. The summed E-state index contributed by atoms with van der Waals surface area (Å²) < 4.78 is 7.62. The number of aromatic nitrogens is 3. The molecule has 0 N–H and O–H groups in total. The van der Waals surface area contributed by atoms with Crippen LogP contribution in [0.1, 0.15) is 52.7 Å². The van der Waals surface area contributed by atoms with Gasteiger partial charge >= 0.3 is 5.97 Å². The van der Waals surface area contributed by atoms with Crippen molar-refractivity contribution in [3.63, 3.8) is 0 Å². The van der Waals surface area contributed by atoms with Crippen molar-refractivity contribution in [3.05, 3.63) is 47.0 Å². The van der Waals surface area contributed by atoms with Gasteiger partial charge in [-0.1, -0.05) is 6.07 Å². The van der Waals surface area contributed by atoms with Gasteiger partial charge in [0.1, 0.15) is 11.7 Å². The number of hydrogen-bond acceptors (Lipinski definition) is 4. The minimum atomic E-state index is -0.262. The third-order valence-electron chi connectivity index (χ3n) is 4.36. The van der Waals surface area contributed by atoms with Crippen molar-refractivity contribution in [1.82, 2.24) is 14.8 Å². The second kappa shape index (κ2) is 4.98. The molecule has 0 saturated carbocycles. The fourth-order valence-electron chi connectivity index (χ4n) is 3.27. The van der Waals surface area contributed by atoms with E-state index in [1.54, 1.807) is 12.4 Å². The molecule has 5 heteroatoms. The number of hydrogen-bond donors (Lipinski definition) is 0. The normalized spacial score (nSPS) is 19.9. The van der Waals surface area contributed by atoms with Crippen molar-refractivity contribution in [2.75, 3.05) is 0 Å². The lowest BCUT2D eigenvalue weighted by Crippen LogP contribution is -2.16. The highest BCUT2D eigenvalue weighted by molar-refractivity contribution is 5.90. The minimum Gasteiger partial charge on any atom is -0.452 e. The van der Waals surface area contributed by atoms with E-state index in [9.17, 15) is 4.79 Å². The van der Waals surface area contributed by atoms with Crippen LogP contribution in [-0.2, 0) is 24.1 Å². The molecule has 1 aliphatic carbocycles. The maximum absolute atomic E-state index is 12.4. The van der Waals surface area contributed by atoms with Gasteiger partial charge in [-0.05, 0) is 43.7 Å². The molecule has 5 nitrogen and oxygen atoms in total. The molecule has 108 valence electrons. The molecule has 1 atom stereocenters. The molecule has 2 aromatic rings. The molecule has 0 radical (unpaired) electrons. The lowest BCUT2D eigenvalue weighted by molar-refractivity contribution is 0.0291. The molecule has 2 aliphatic rings. The Balaban J connectivity index is 1.56. The molecule has 0 fully saturated rings. The van der Waals surface area contributed by atoms with Crippen LogP contribution in [-0.4, -0.2) is 20.7 Å². The van der Waals surface area contributed by atoms with Crippen LogP contribution >= 0.6 is 0 Å². The number of nitrogens with zero attached hydrogens (tertiary/aromatic N) is 3. The van der Waals surface area contributed by atoms with Gasteiger partial charge in [0.15, 0.2) is 0 Å². The summed E-state index contributed by atoms with van der Waals surface area (Å²) in [5, 5.41) is 4.30. The molecule has 0 bridgehead atoms. The Bertz CT molecular complexity index is 693. The number of ether oxygens (including phenoxy) is 1. The summed E-state index contributed by atoms with van der Waals surface area (Å²) in [5.74, 6) is -0.262. The van der Waals surface area contributed by atoms with E-state index in [1.807, 2.05) is 10.7 Å². The van der Waals surface area contributed by atoms with Crippen molar-refractivity contribution >= 4 is 5.97 Å². The highest BCUT2D eigenvalue weighted by Gasteiger charge is 2.29. The first-order chi connectivity index (χ1) is 10.3. The number of carbonyl (C=O) groups is 1. The number of fused-ring (bicyclic) bond motifs is 2. The number of esters is 1. The van der Waals surface area contributed by atoms with Crippen LogP contribution in [0.2, 0.25) is 0 Å². The monoisotopic (exact) mass is 283 g/mol. The van der Waals surface area contributed by atoms with Crippen molar-refractivity contribution in [2.24, 2.45) is 0 Å². The summed E-state index contributed by atoms with van der Waals surface area (Å²) in [4.78, 5) is 16.8. The van der Waals surface area contributed by atoms with E-state index in [2.05, 4.69) is 16.1 Å². The van der Waals surface area contributed by atoms with E-state index in [0.717, 1.165) is 50.0 Å². The average Bonchev–Trinajstić information content (AvgIpc) is 3.12. The molecule has 0 saturated heterocycles. The van der Waals surface area contributed by atoms with Crippen LogP contribution in [0.15, 0.2) is 24.5 Å². The zero-order chi connectivity index (χ0) is 14.2. The van der Waals surface area contributed by atoms with Crippen LogP contribution in [0, 0.1) is 0 Å². The number of aryl methyl sites for hydroxylation is 2. The molecule has 0 amide bonds. The molecule has 2 aromatic heterocycles. The quantitative estimate of drug-likeness (QED) is 0.794. The third kappa shape index (κ3) is 2.13. The van der Waals surface area contributed by atoms with Gasteiger partial charge in [0.05, 0.1) is 17.6 Å². The first-order valence-corrected chi connectivity index (χ1v) is 7.52. The molecule has 0 spiro atoms. The Labute approximate surface area is 122 Å². The predicted octanol–water partition coefficient (Wildman–Crippen LogP) is 2.46. The van der Waals surface area contributed by atoms with Crippen LogP contribution in [0.5, 0.6) is 0 Å². The van der Waals surface area contributed by atoms with E-state index in [-0.39, 0.29) is 12.1 Å². The van der Waals surface area contributed by atoms with Gasteiger partial charge in [0.25, 0.3) is 0 Å². The average molecular weight is 283 g/mol. The van der Waals surface area contributed by atoms with Crippen LogP contribution in [0.3, 0.4) is 0 Å². The molecule has 3 heterocycles. The third-order valence-corrected chi connectivity index (χ3v) is 4.36.